The molecule has 0 unspecified atom stereocenters. The van der Waals surface area contributed by atoms with E-state index < -0.39 is 12.2 Å². The average molecular weight is 542 g/mol. The number of carbonyl (C=O) groups is 3. The van der Waals surface area contributed by atoms with Crippen molar-refractivity contribution in [3.63, 3.8) is 0 Å². The number of carbonyl (C=O) groups excluding carboxylic acids is 3. The van der Waals surface area contributed by atoms with E-state index in [1.165, 1.54) is 0 Å². The van der Waals surface area contributed by atoms with Crippen molar-refractivity contribution in [1.82, 2.24) is 25.1 Å². The van der Waals surface area contributed by atoms with Gasteiger partial charge in [0.2, 0.25) is 18.6 Å². The molecule has 40 heavy (non-hydrogen) atoms. The van der Waals surface area contributed by atoms with Gasteiger partial charge in [-0.15, -0.1) is 0 Å². The highest BCUT2D eigenvalue weighted by atomic mass is 16.7. The molecule has 0 spiro atoms. The first kappa shape index (κ1) is 25.7. The SMILES string of the molecule is CN1CC(=O)N2[C@@H](Cc3ccccc3)C(=O)N(Cc3ccc4c(c3)OCO4)C[C@@H]2N1C(=O)NCc1ccccc1. The number of ether oxygens (including phenoxy) is 2. The average Bonchev–Trinajstić information content (AvgIpc) is 3.43. The largest absolute Gasteiger partial charge is 0.454 e. The molecule has 0 radical (unpaired) electrons. The van der Waals surface area contributed by atoms with Crippen LogP contribution in [0.1, 0.15) is 16.7 Å². The molecule has 0 aromatic heterocycles. The summed E-state index contributed by atoms with van der Waals surface area (Å²) in [5.41, 5.74) is 2.78. The number of hydrazine groups is 1. The van der Waals surface area contributed by atoms with Gasteiger partial charge >= 0.3 is 6.03 Å². The summed E-state index contributed by atoms with van der Waals surface area (Å²) in [5, 5.41) is 6.20. The van der Waals surface area contributed by atoms with Crippen LogP contribution in [0.5, 0.6) is 11.5 Å². The van der Waals surface area contributed by atoms with Crippen LogP contribution in [0, 0.1) is 0 Å². The fourth-order valence-corrected chi connectivity index (χ4v) is 5.60. The molecule has 0 saturated carbocycles. The van der Waals surface area contributed by atoms with Crippen molar-refractivity contribution < 1.29 is 23.9 Å². The number of benzene rings is 3. The first-order chi connectivity index (χ1) is 19.5. The maximum atomic E-state index is 14.0. The van der Waals surface area contributed by atoms with Crippen molar-refractivity contribution in [2.75, 3.05) is 26.9 Å². The number of piperazine rings is 1. The van der Waals surface area contributed by atoms with E-state index >= 15 is 0 Å². The molecule has 1 N–H and O–H groups in total. The van der Waals surface area contributed by atoms with Gasteiger partial charge in [0, 0.05) is 26.6 Å². The van der Waals surface area contributed by atoms with E-state index in [1.807, 2.05) is 78.9 Å². The van der Waals surface area contributed by atoms with Crippen LogP contribution in [0.25, 0.3) is 0 Å². The van der Waals surface area contributed by atoms with E-state index in [0.717, 1.165) is 16.7 Å². The fourth-order valence-electron chi connectivity index (χ4n) is 5.60. The van der Waals surface area contributed by atoms with Gasteiger partial charge in [-0.3, -0.25) is 9.59 Å². The zero-order valence-electron chi connectivity index (χ0n) is 22.2. The minimum atomic E-state index is -0.749. The Morgan fingerprint density at radius 2 is 1.60 bits per heavy atom. The normalized spacial score (nSPS) is 20.5. The molecular formula is C30H31N5O5. The highest BCUT2D eigenvalue weighted by Gasteiger charge is 2.50. The summed E-state index contributed by atoms with van der Waals surface area (Å²) in [5.74, 6) is 0.971. The Kier molecular flexibility index (Phi) is 7.00. The summed E-state index contributed by atoms with van der Waals surface area (Å²) in [4.78, 5) is 44.4. The highest BCUT2D eigenvalue weighted by molar-refractivity contribution is 5.91. The minimum Gasteiger partial charge on any atom is -0.454 e. The van der Waals surface area contributed by atoms with Crippen LogP contribution in [0.3, 0.4) is 0 Å². The van der Waals surface area contributed by atoms with Crippen LogP contribution in [0.4, 0.5) is 4.79 Å². The van der Waals surface area contributed by atoms with Crippen LogP contribution in [-0.4, -0.2) is 76.8 Å². The molecule has 2 saturated heterocycles. The molecule has 3 heterocycles. The zero-order valence-corrected chi connectivity index (χ0v) is 22.2. The monoisotopic (exact) mass is 541 g/mol. The molecule has 0 aliphatic carbocycles. The fraction of sp³-hybridized carbons (Fsp3) is 0.300. The van der Waals surface area contributed by atoms with Crippen LogP contribution < -0.4 is 14.8 Å². The first-order valence-electron chi connectivity index (χ1n) is 13.3. The molecule has 206 valence electrons. The molecule has 10 heteroatoms. The van der Waals surface area contributed by atoms with Gasteiger partial charge < -0.3 is 24.6 Å². The minimum absolute atomic E-state index is 0.00398. The molecule has 3 aliphatic rings. The van der Waals surface area contributed by atoms with Crippen molar-refractivity contribution in [2.45, 2.75) is 31.7 Å². The summed E-state index contributed by atoms with van der Waals surface area (Å²) in [6.45, 7) is 0.989. The maximum Gasteiger partial charge on any atom is 0.334 e. The smallest absolute Gasteiger partial charge is 0.334 e. The predicted molar refractivity (Wildman–Crippen MR) is 146 cm³/mol. The number of urea groups is 1. The van der Waals surface area contributed by atoms with Gasteiger partial charge in [-0.2, -0.15) is 0 Å². The van der Waals surface area contributed by atoms with Gasteiger partial charge in [0.15, 0.2) is 11.5 Å². The summed E-state index contributed by atoms with van der Waals surface area (Å²) >= 11 is 0. The number of hydrogen-bond acceptors (Lipinski definition) is 6. The first-order valence-corrected chi connectivity index (χ1v) is 13.3. The third-order valence-electron chi connectivity index (χ3n) is 7.52. The molecule has 0 bridgehead atoms. The maximum absolute atomic E-state index is 14.0. The molecule has 2 fully saturated rings. The Bertz CT molecular complexity index is 1400. The number of fused-ring (bicyclic) bond motifs is 2. The predicted octanol–water partition coefficient (Wildman–Crippen LogP) is 2.60. The number of rotatable bonds is 6. The summed E-state index contributed by atoms with van der Waals surface area (Å²) in [7, 11) is 1.72. The lowest BCUT2D eigenvalue weighted by atomic mass is 9.98. The van der Waals surface area contributed by atoms with Crippen LogP contribution in [0.15, 0.2) is 78.9 Å². The van der Waals surface area contributed by atoms with E-state index in [1.54, 1.807) is 26.9 Å². The molecule has 4 amide bonds. The quantitative estimate of drug-likeness (QED) is 0.516. The molecule has 10 nitrogen and oxygen atoms in total. The Morgan fingerprint density at radius 3 is 2.35 bits per heavy atom. The lowest BCUT2D eigenvalue weighted by Gasteiger charge is -2.54. The second-order valence-electron chi connectivity index (χ2n) is 10.2. The Balaban J connectivity index is 1.30. The zero-order chi connectivity index (χ0) is 27.6. The van der Waals surface area contributed by atoms with E-state index in [4.69, 9.17) is 9.47 Å². The molecule has 3 aromatic carbocycles. The second kappa shape index (κ2) is 10.9. The van der Waals surface area contributed by atoms with E-state index in [0.29, 0.717) is 31.0 Å². The summed E-state index contributed by atoms with van der Waals surface area (Å²) < 4.78 is 11.0. The standard InChI is InChI=1S/C30H31N5O5/c1-32-19-28(36)34-24(14-21-8-4-2-5-9-21)29(37)33(17-23-12-13-25-26(15-23)40-20-39-25)18-27(34)35(32)30(38)31-16-22-10-6-3-7-11-22/h2-13,15,24,27H,14,16-20H2,1H3,(H,31,38)/t24-,27-/m0/s1. The third kappa shape index (κ3) is 5.05. The summed E-state index contributed by atoms with van der Waals surface area (Å²) in [6.07, 6.45) is -0.314. The molecule has 3 aromatic rings. The van der Waals surface area contributed by atoms with Crippen molar-refractivity contribution >= 4 is 17.8 Å². The van der Waals surface area contributed by atoms with Gasteiger partial charge in [-0.25, -0.2) is 14.8 Å². The van der Waals surface area contributed by atoms with Gasteiger partial charge in [0.25, 0.3) is 0 Å². The Hall–Kier alpha value is -4.57. The number of likely N-dealkylation sites (N-methyl/N-ethyl adjacent to an activating group) is 1. The van der Waals surface area contributed by atoms with E-state index in [-0.39, 0.29) is 37.7 Å². The summed E-state index contributed by atoms with van der Waals surface area (Å²) in [6, 6.07) is 23.8. The van der Waals surface area contributed by atoms with Gasteiger partial charge in [0.1, 0.15) is 12.2 Å². The number of amides is 4. The Labute approximate surface area is 232 Å². The highest BCUT2D eigenvalue weighted by Crippen LogP contribution is 2.34. The molecular weight excluding hydrogens is 510 g/mol. The van der Waals surface area contributed by atoms with Crippen LogP contribution in [0.2, 0.25) is 0 Å². The van der Waals surface area contributed by atoms with Crippen LogP contribution >= 0.6 is 0 Å². The number of hydrogen-bond donors (Lipinski definition) is 1. The van der Waals surface area contributed by atoms with E-state index in [9.17, 15) is 14.4 Å². The van der Waals surface area contributed by atoms with Crippen molar-refractivity contribution in [3.8, 4) is 11.5 Å². The number of nitrogens with zero attached hydrogens (tertiary/aromatic N) is 4. The van der Waals surface area contributed by atoms with Gasteiger partial charge in [-0.1, -0.05) is 66.7 Å². The second-order valence-corrected chi connectivity index (χ2v) is 10.2. The molecule has 2 atom stereocenters. The lowest BCUT2D eigenvalue weighted by molar-refractivity contribution is -0.187. The topological polar surface area (TPSA) is 94.7 Å². The van der Waals surface area contributed by atoms with E-state index in [2.05, 4.69) is 5.32 Å². The van der Waals surface area contributed by atoms with Crippen LogP contribution in [-0.2, 0) is 29.1 Å². The van der Waals surface area contributed by atoms with Crippen molar-refractivity contribution in [1.29, 1.82) is 0 Å². The Morgan fingerprint density at radius 1 is 0.900 bits per heavy atom. The van der Waals surface area contributed by atoms with Crippen molar-refractivity contribution in [3.05, 3.63) is 95.6 Å². The van der Waals surface area contributed by atoms with Gasteiger partial charge in [-0.05, 0) is 28.8 Å². The third-order valence-corrected chi connectivity index (χ3v) is 7.52. The molecule has 3 aliphatic heterocycles. The molecule has 6 rings (SSSR count). The lowest BCUT2D eigenvalue weighted by Crippen LogP contribution is -2.76. The van der Waals surface area contributed by atoms with Crippen molar-refractivity contribution in [2.24, 2.45) is 0 Å². The van der Waals surface area contributed by atoms with Gasteiger partial charge in [0.05, 0.1) is 13.1 Å². The number of nitrogens with one attached hydrogen (secondary N) is 1.